The number of carbonyl (C=O) groups excluding carboxylic acids is 1. The third kappa shape index (κ3) is 5.57. The number of aromatic nitrogens is 1. The Labute approximate surface area is 150 Å². The molecule has 0 bridgehead atoms. The number of benzene rings is 1. The highest BCUT2D eigenvalue weighted by atomic mass is 16.1. The summed E-state index contributed by atoms with van der Waals surface area (Å²) in [5, 5.41) is 2.91. The summed E-state index contributed by atoms with van der Waals surface area (Å²) in [6.45, 7) is 6.63. The molecule has 2 rings (SSSR count). The molecule has 5 heteroatoms. The molecule has 25 heavy (non-hydrogen) atoms. The zero-order chi connectivity index (χ0) is 18.2. The van der Waals surface area contributed by atoms with E-state index in [2.05, 4.69) is 58.2 Å². The number of hydrogen-bond acceptors (Lipinski definition) is 4. The lowest BCUT2D eigenvalue weighted by Gasteiger charge is -2.23. The first-order chi connectivity index (χ1) is 12.0. The molecule has 1 heterocycles. The molecule has 0 radical (unpaired) electrons. The number of carbonyl (C=O) groups is 1. The molecular weight excluding hydrogens is 312 g/mol. The van der Waals surface area contributed by atoms with Crippen LogP contribution in [0.5, 0.6) is 0 Å². The molecule has 0 unspecified atom stereocenters. The van der Waals surface area contributed by atoms with Crippen LogP contribution in [0.4, 0.5) is 11.4 Å². The SMILES string of the molecule is CCN(c1ccc(C(=O)NCCCN(C)C)nc1)c1cccc(C)c1. The molecule has 0 fully saturated rings. The first-order valence-corrected chi connectivity index (χ1v) is 8.74. The fourth-order valence-corrected chi connectivity index (χ4v) is 2.68. The van der Waals surface area contributed by atoms with Gasteiger partial charge in [0, 0.05) is 18.8 Å². The highest BCUT2D eigenvalue weighted by Crippen LogP contribution is 2.25. The Balaban J connectivity index is 2.01. The second-order valence-corrected chi connectivity index (χ2v) is 6.40. The van der Waals surface area contributed by atoms with Crippen LogP contribution in [0, 0.1) is 6.92 Å². The van der Waals surface area contributed by atoms with Gasteiger partial charge in [0.05, 0.1) is 11.9 Å². The van der Waals surface area contributed by atoms with Crippen molar-refractivity contribution in [3.8, 4) is 0 Å². The van der Waals surface area contributed by atoms with Gasteiger partial charge in [-0.25, -0.2) is 4.98 Å². The molecule has 0 atom stereocenters. The van der Waals surface area contributed by atoms with Crippen LogP contribution in [0.2, 0.25) is 0 Å². The van der Waals surface area contributed by atoms with E-state index in [1.54, 1.807) is 12.3 Å². The lowest BCUT2D eigenvalue weighted by atomic mass is 10.2. The molecule has 0 saturated carbocycles. The third-order valence-corrected chi connectivity index (χ3v) is 3.99. The maximum Gasteiger partial charge on any atom is 0.269 e. The number of amides is 1. The minimum Gasteiger partial charge on any atom is -0.351 e. The van der Waals surface area contributed by atoms with Crippen molar-refractivity contribution in [1.29, 1.82) is 0 Å². The van der Waals surface area contributed by atoms with Gasteiger partial charge in [-0.3, -0.25) is 4.79 Å². The normalized spacial score (nSPS) is 10.8. The van der Waals surface area contributed by atoms with E-state index in [0.717, 1.165) is 30.9 Å². The number of aryl methyl sites for hydroxylation is 1. The minimum atomic E-state index is -0.121. The van der Waals surface area contributed by atoms with Crippen LogP contribution >= 0.6 is 0 Å². The Hall–Kier alpha value is -2.40. The molecule has 0 aliphatic heterocycles. The Morgan fingerprint density at radius 3 is 2.56 bits per heavy atom. The van der Waals surface area contributed by atoms with Crippen LogP contribution < -0.4 is 10.2 Å². The van der Waals surface area contributed by atoms with Gasteiger partial charge in [0.25, 0.3) is 5.91 Å². The number of hydrogen-bond donors (Lipinski definition) is 1. The highest BCUT2D eigenvalue weighted by molar-refractivity contribution is 5.92. The zero-order valence-electron chi connectivity index (χ0n) is 15.6. The van der Waals surface area contributed by atoms with Crippen molar-refractivity contribution in [2.75, 3.05) is 38.6 Å². The van der Waals surface area contributed by atoms with E-state index in [0.29, 0.717) is 12.2 Å². The number of rotatable bonds is 8. The smallest absolute Gasteiger partial charge is 0.269 e. The summed E-state index contributed by atoms with van der Waals surface area (Å²) in [7, 11) is 4.05. The second kappa shape index (κ2) is 9.18. The summed E-state index contributed by atoms with van der Waals surface area (Å²) in [6, 6.07) is 12.1. The maximum atomic E-state index is 12.2. The van der Waals surface area contributed by atoms with Crippen molar-refractivity contribution in [2.45, 2.75) is 20.3 Å². The van der Waals surface area contributed by atoms with Gasteiger partial charge in [-0.15, -0.1) is 0 Å². The fraction of sp³-hybridized carbons (Fsp3) is 0.400. The zero-order valence-corrected chi connectivity index (χ0v) is 15.6. The van der Waals surface area contributed by atoms with Crippen LogP contribution in [-0.4, -0.2) is 49.5 Å². The summed E-state index contributed by atoms with van der Waals surface area (Å²) in [4.78, 5) is 20.8. The predicted octanol–water partition coefficient (Wildman–Crippen LogP) is 3.23. The van der Waals surface area contributed by atoms with Crippen LogP contribution in [0.1, 0.15) is 29.4 Å². The molecule has 0 aliphatic carbocycles. The number of nitrogens with one attached hydrogen (secondary N) is 1. The van der Waals surface area contributed by atoms with Gasteiger partial charge in [-0.1, -0.05) is 12.1 Å². The van der Waals surface area contributed by atoms with Gasteiger partial charge in [-0.2, -0.15) is 0 Å². The predicted molar refractivity (Wildman–Crippen MR) is 104 cm³/mol. The van der Waals surface area contributed by atoms with E-state index in [1.807, 2.05) is 20.2 Å². The number of nitrogens with zero attached hydrogens (tertiary/aromatic N) is 3. The molecule has 1 aromatic carbocycles. The second-order valence-electron chi connectivity index (χ2n) is 6.40. The molecule has 0 saturated heterocycles. The van der Waals surface area contributed by atoms with E-state index in [4.69, 9.17) is 0 Å². The largest absolute Gasteiger partial charge is 0.351 e. The monoisotopic (exact) mass is 340 g/mol. The van der Waals surface area contributed by atoms with E-state index < -0.39 is 0 Å². The molecule has 1 amide bonds. The Morgan fingerprint density at radius 1 is 1.16 bits per heavy atom. The summed E-state index contributed by atoms with van der Waals surface area (Å²) in [5.74, 6) is -0.121. The van der Waals surface area contributed by atoms with E-state index >= 15 is 0 Å². The molecule has 0 spiro atoms. The third-order valence-electron chi connectivity index (χ3n) is 3.99. The standard InChI is InChI=1S/C20H28N4O/c1-5-24(17-9-6-8-16(2)14-17)18-10-11-19(22-15-18)20(25)21-12-7-13-23(3)4/h6,8-11,14-15H,5,7,12-13H2,1-4H3,(H,21,25). The van der Waals surface area contributed by atoms with Gasteiger partial charge in [0.1, 0.15) is 5.69 Å². The van der Waals surface area contributed by atoms with E-state index in [9.17, 15) is 4.79 Å². The van der Waals surface area contributed by atoms with Gasteiger partial charge in [-0.05, 0) is 70.7 Å². The molecular formula is C20H28N4O. The van der Waals surface area contributed by atoms with Crippen molar-refractivity contribution in [3.05, 3.63) is 53.9 Å². The average Bonchev–Trinajstić information content (AvgIpc) is 2.60. The van der Waals surface area contributed by atoms with Gasteiger partial charge in [0.15, 0.2) is 0 Å². The Morgan fingerprint density at radius 2 is 1.96 bits per heavy atom. The summed E-state index contributed by atoms with van der Waals surface area (Å²) in [6.07, 6.45) is 2.69. The topological polar surface area (TPSA) is 48.5 Å². The Kier molecular flexibility index (Phi) is 6.95. The minimum absolute atomic E-state index is 0.121. The lowest BCUT2D eigenvalue weighted by Crippen LogP contribution is -2.27. The number of anilines is 2. The summed E-state index contributed by atoms with van der Waals surface area (Å²) < 4.78 is 0. The lowest BCUT2D eigenvalue weighted by molar-refractivity contribution is 0.0947. The van der Waals surface area contributed by atoms with Crippen LogP contribution in [-0.2, 0) is 0 Å². The fourth-order valence-electron chi connectivity index (χ4n) is 2.68. The van der Waals surface area contributed by atoms with Crippen molar-refractivity contribution in [1.82, 2.24) is 15.2 Å². The van der Waals surface area contributed by atoms with Crippen LogP contribution in [0.3, 0.4) is 0 Å². The highest BCUT2D eigenvalue weighted by Gasteiger charge is 2.11. The van der Waals surface area contributed by atoms with Crippen molar-refractivity contribution >= 4 is 17.3 Å². The van der Waals surface area contributed by atoms with Gasteiger partial charge in [0.2, 0.25) is 0 Å². The summed E-state index contributed by atoms with van der Waals surface area (Å²) >= 11 is 0. The first kappa shape index (κ1) is 18.9. The average molecular weight is 340 g/mol. The summed E-state index contributed by atoms with van der Waals surface area (Å²) in [5.41, 5.74) is 3.79. The maximum absolute atomic E-state index is 12.2. The van der Waals surface area contributed by atoms with Crippen LogP contribution in [0.15, 0.2) is 42.6 Å². The quantitative estimate of drug-likeness (QED) is 0.750. The van der Waals surface area contributed by atoms with Crippen LogP contribution in [0.25, 0.3) is 0 Å². The molecule has 5 nitrogen and oxygen atoms in total. The van der Waals surface area contributed by atoms with Crippen molar-refractivity contribution in [3.63, 3.8) is 0 Å². The van der Waals surface area contributed by atoms with Crippen molar-refractivity contribution in [2.24, 2.45) is 0 Å². The first-order valence-electron chi connectivity index (χ1n) is 8.74. The van der Waals surface area contributed by atoms with Crippen molar-refractivity contribution < 1.29 is 4.79 Å². The molecule has 2 aromatic rings. The molecule has 1 aromatic heterocycles. The molecule has 1 N–H and O–H groups in total. The molecule has 134 valence electrons. The number of pyridine rings is 1. The van der Waals surface area contributed by atoms with Gasteiger partial charge < -0.3 is 15.1 Å². The van der Waals surface area contributed by atoms with E-state index in [1.165, 1.54) is 5.56 Å². The Bertz CT molecular complexity index is 682. The van der Waals surface area contributed by atoms with Gasteiger partial charge >= 0.3 is 0 Å². The molecule has 0 aliphatic rings. The van der Waals surface area contributed by atoms with E-state index in [-0.39, 0.29) is 5.91 Å².